The molecule has 0 bridgehead atoms. The minimum absolute atomic E-state index is 0.166. The molecule has 0 radical (unpaired) electrons. The summed E-state index contributed by atoms with van der Waals surface area (Å²) < 4.78 is 63.8. The lowest BCUT2D eigenvalue weighted by Gasteiger charge is -2.27. The number of nitrogens with zero attached hydrogens (tertiary/aromatic N) is 2. The first kappa shape index (κ1) is 36.9. The highest BCUT2D eigenvalue weighted by Gasteiger charge is 2.34. The van der Waals surface area contributed by atoms with E-state index in [-0.39, 0.29) is 22.2 Å². The standard InChI is InChI=1S/C33H42FN3O7S2/c1-9-10-17-45(41)35-21(2)27-19-30(38)36(7)20-29(27)28-18-24(13-16-26(28)31(39)23-11-14-25(34)15-12-23)22(3)46(42,43)37(8)32(40)44-33(4,5)6/h11-16,18-22,35H,9-10,17H2,1-8H3/t21-,22?,45?/m0/s1. The van der Waals surface area contributed by atoms with Crippen LogP contribution >= 0.6 is 0 Å². The van der Waals surface area contributed by atoms with Crippen LogP contribution in [0.2, 0.25) is 0 Å². The first-order valence-electron chi connectivity index (χ1n) is 14.9. The van der Waals surface area contributed by atoms with Gasteiger partial charge < -0.3 is 13.9 Å². The average Bonchev–Trinajstić information content (AvgIpc) is 2.99. The van der Waals surface area contributed by atoms with Gasteiger partial charge in [-0.3, -0.25) is 9.59 Å². The maximum absolute atomic E-state index is 13.8. The summed E-state index contributed by atoms with van der Waals surface area (Å²) in [5.41, 5.74) is 0.513. The molecule has 3 rings (SSSR count). The number of carbonyl (C=O) groups excluding carboxylic acids is 2. The molecule has 250 valence electrons. The number of rotatable bonds is 12. The van der Waals surface area contributed by atoms with Crippen LogP contribution < -0.4 is 10.3 Å². The summed E-state index contributed by atoms with van der Waals surface area (Å²) in [6, 6.07) is 10.3. The van der Waals surface area contributed by atoms with Gasteiger partial charge in [0.25, 0.3) is 5.56 Å². The molecule has 1 aromatic heterocycles. The lowest BCUT2D eigenvalue weighted by Crippen LogP contribution is -2.39. The molecular weight excluding hydrogens is 634 g/mol. The van der Waals surface area contributed by atoms with Crippen LogP contribution in [-0.2, 0) is 33.2 Å². The maximum atomic E-state index is 13.8. The number of carbonyl (C=O) groups is 2. The summed E-state index contributed by atoms with van der Waals surface area (Å²) in [5.74, 6) is -0.572. The summed E-state index contributed by atoms with van der Waals surface area (Å²) in [6.07, 6.45) is 2.08. The Morgan fingerprint density at radius 2 is 1.72 bits per heavy atom. The lowest BCUT2D eigenvalue weighted by molar-refractivity contribution is 0.0419. The van der Waals surface area contributed by atoms with Gasteiger partial charge in [0, 0.05) is 54.4 Å². The van der Waals surface area contributed by atoms with Crippen LogP contribution in [0.5, 0.6) is 0 Å². The van der Waals surface area contributed by atoms with Crippen molar-refractivity contribution in [3.05, 3.63) is 93.2 Å². The number of hydrogen-bond donors (Lipinski definition) is 1. The molecule has 1 amide bonds. The van der Waals surface area contributed by atoms with Crippen LogP contribution in [-0.4, -0.2) is 52.1 Å². The van der Waals surface area contributed by atoms with Crippen molar-refractivity contribution in [1.82, 2.24) is 13.6 Å². The third kappa shape index (κ3) is 8.84. The van der Waals surface area contributed by atoms with Crippen LogP contribution in [0.15, 0.2) is 59.5 Å². The quantitative estimate of drug-likeness (QED) is 0.188. The summed E-state index contributed by atoms with van der Waals surface area (Å²) >= 11 is -1.40. The number of unbranched alkanes of at least 4 members (excludes halogenated alkanes) is 1. The summed E-state index contributed by atoms with van der Waals surface area (Å²) in [5, 5.41) is -1.26. The Morgan fingerprint density at radius 3 is 2.30 bits per heavy atom. The van der Waals surface area contributed by atoms with E-state index >= 15 is 0 Å². The minimum Gasteiger partial charge on any atom is -0.598 e. The number of ether oxygens (including phenoxy) is 1. The van der Waals surface area contributed by atoms with Gasteiger partial charge in [-0.1, -0.05) is 25.5 Å². The molecule has 3 aromatic rings. The van der Waals surface area contributed by atoms with Gasteiger partial charge in [0.05, 0.1) is 6.04 Å². The van der Waals surface area contributed by atoms with Crippen LogP contribution in [0.1, 0.15) is 92.7 Å². The number of sulfonamides is 1. The van der Waals surface area contributed by atoms with Crippen LogP contribution in [0, 0.1) is 5.82 Å². The van der Waals surface area contributed by atoms with Gasteiger partial charge in [-0.25, -0.2) is 21.9 Å². The van der Waals surface area contributed by atoms with Gasteiger partial charge in [0.2, 0.25) is 10.0 Å². The Kier molecular flexibility index (Phi) is 12.0. The van der Waals surface area contributed by atoms with Crippen molar-refractivity contribution in [1.29, 1.82) is 0 Å². The Bertz CT molecular complexity index is 1740. The molecule has 2 aromatic carbocycles. The summed E-state index contributed by atoms with van der Waals surface area (Å²) in [4.78, 5) is 39.4. The minimum atomic E-state index is -4.29. The van der Waals surface area contributed by atoms with E-state index in [0.29, 0.717) is 26.7 Å². The topological polar surface area (TPSA) is 138 Å². The largest absolute Gasteiger partial charge is 0.598 e. The second-order valence-corrected chi connectivity index (χ2v) is 15.7. The summed E-state index contributed by atoms with van der Waals surface area (Å²) in [6.45, 7) is 10.0. The molecule has 1 heterocycles. The van der Waals surface area contributed by atoms with Crippen molar-refractivity contribution in [2.24, 2.45) is 7.05 Å². The first-order chi connectivity index (χ1) is 21.4. The average molecular weight is 676 g/mol. The number of nitrogens with one attached hydrogen (secondary N) is 1. The molecule has 13 heteroatoms. The van der Waals surface area contributed by atoms with Crippen molar-refractivity contribution in [3.63, 3.8) is 0 Å². The van der Waals surface area contributed by atoms with Gasteiger partial charge in [-0.15, -0.1) is 4.72 Å². The van der Waals surface area contributed by atoms with Gasteiger partial charge in [-0.2, -0.15) is 0 Å². The number of amides is 1. The molecule has 0 spiro atoms. The van der Waals surface area contributed by atoms with E-state index in [1.807, 2.05) is 6.92 Å². The van der Waals surface area contributed by atoms with Crippen LogP contribution in [0.3, 0.4) is 0 Å². The van der Waals surface area contributed by atoms with E-state index in [9.17, 15) is 31.7 Å². The Labute approximate surface area is 273 Å². The fourth-order valence-corrected chi connectivity index (χ4v) is 7.05. The molecule has 0 aliphatic carbocycles. The molecule has 0 fully saturated rings. The first-order valence-corrected chi connectivity index (χ1v) is 17.7. The highest BCUT2D eigenvalue weighted by Crippen LogP contribution is 2.36. The zero-order valence-corrected chi connectivity index (χ0v) is 29.1. The third-order valence-corrected chi connectivity index (χ3v) is 10.7. The van der Waals surface area contributed by atoms with E-state index in [1.54, 1.807) is 34.7 Å². The van der Waals surface area contributed by atoms with Crippen molar-refractivity contribution in [2.75, 3.05) is 12.8 Å². The molecule has 1 N–H and O–H groups in total. The van der Waals surface area contributed by atoms with E-state index in [2.05, 4.69) is 4.72 Å². The number of hydrogen-bond acceptors (Lipinski definition) is 8. The summed E-state index contributed by atoms with van der Waals surface area (Å²) in [7, 11) is -1.64. The van der Waals surface area contributed by atoms with Crippen molar-refractivity contribution in [2.45, 2.75) is 71.3 Å². The number of aryl methyl sites for hydroxylation is 1. The zero-order chi connectivity index (χ0) is 34.6. The maximum Gasteiger partial charge on any atom is 0.423 e. The Morgan fingerprint density at radius 1 is 1.09 bits per heavy atom. The predicted molar refractivity (Wildman–Crippen MR) is 178 cm³/mol. The molecular formula is C33H42FN3O7S2. The third-order valence-electron chi connectivity index (χ3n) is 7.35. The second kappa shape index (κ2) is 14.9. The van der Waals surface area contributed by atoms with Crippen LogP contribution in [0.25, 0.3) is 11.1 Å². The molecule has 2 unspecified atom stereocenters. The van der Waals surface area contributed by atoms with Gasteiger partial charge in [-0.05, 0) is 88.1 Å². The zero-order valence-electron chi connectivity index (χ0n) is 27.4. The molecule has 3 atom stereocenters. The van der Waals surface area contributed by atoms with E-state index in [4.69, 9.17) is 4.74 Å². The molecule has 0 aliphatic heterocycles. The normalized spacial score (nSPS) is 14.0. The van der Waals surface area contributed by atoms with Crippen molar-refractivity contribution < 1.29 is 31.7 Å². The second-order valence-electron chi connectivity index (χ2n) is 12.1. The van der Waals surface area contributed by atoms with Crippen molar-refractivity contribution in [3.8, 4) is 11.1 Å². The molecule has 46 heavy (non-hydrogen) atoms. The lowest BCUT2D eigenvalue weighted by atomic mass is 9.89. The fourth-order valence-electron chi connectivity index (χ4n) is 4.65. The number of halogens is 1. The van der Waals surface area contributed by atoms with Gasteiger partial charge in [0.15, 0.2) is 5.78 Å². The highest BCUT2D eigenvalue weighted by atomic mass is 32.2. The Balaban J connectivity index is 2.23. The van der Waals surface area contributed by atoms with E-state index < -0.39 is 56.0 Å². The highest BCUT2D eigenvalue weighted by molar-refractivity contribution is 7.90. The van der Waals surface area contributed by atoms with E-state index in [0.717, 1.165) is 32.0 Å². The monoisotopic (exact) mass is 675 g/mol. The Hall–Kier alpha value is -3.52. The van der Waals surface area contributed by atoms with E-state index in [1.165, 1.54) is 54.1 Å². The molecule has 0 aliphatic rings. The molecule has 10 nitrogen and oxygen atoms in total. The van der Waals surface area contributed by atoms with Crippen LogP contribution in [0.4, 0.5) is 9.18 Å². The van der Waals surface area contributed by atoms with Gasteiger partial charge >= 0.3 is 6.09 Å². The number of ketones is 1. The molecule has 0 saturated heterocycles. The smallest absolute Gasteiger partial charge is 0.423 e. The number of pyridine rings is 1. The molecule has 0 saturated carbocycles. The van der Waals surface area contributed by atoms with Gasteiger partial charge in [0.1, 0.15) is 22.4 Å². The van der Waals surface area contributed by atoms with Crippen molar-refractivity contribution >= 4 is 33.3 Å². The number of benzene rings is 2. The fraction of sp³-hybridized carbons (Fsp3) is 0.424. The number of aromatic nitrogens is 1. The SMILES string of the molecule is CCCC[S+]([O-])N[C@@H](C)c1cc(=O)n(C)cc1-c1cc(C(C)S(=O)(=O)N(C)C(=O)OC(C)(C)C)ccc1C(=O)c1ccc(F)cc1. The predicted octanol–water partition coefficient (Wildman–Crippen LogP) is 5.79.